The van der Waals surface area contributed by atoms with E-state index in [0.717, 1.165) is 63.6 Å². The van der Waals surface area contributed by atoms with Gasteiger partial charge in [-0.2, -0.15) is 0 Å². The van der Waals surface area contributed by atoms with Gasteiger partial charge in [-0.1, -0.05) is 0 Å². The van der Waals surface area contributed by atoms with Crippen LogP contribution in [-0.4, -0.2) is 75.4 Å². The van der Waals surface area contributed by atoms with Gasteiger partial charge >= 0.3 is 0 Å². The highest BCUT2D eigenvalue weighted by atomic mass is 16.5. The fraction of sp³-hybridized carbons (Fsp3) is 1.00. The highest BCUT2D eigenvalue weighted by molar-refractivity contribution is 5.01. The van der Waals surface area contributed by atoms with Crippen molar-refractivity contribution < 1.29 is 24.7 Å². The van der Waals surface area contributed by atoms with E-state index in [-0.39, 0.29) is 12.7 Å². The van der Waals surface area contributed by atoms with Crippen LogP contribution in [0.15, 0.2) is 0 Å². The fourth-order valence-corrected chi connectivity index (χ4v) is 7.07. The minimum absolute atomic E-state index is 0.283. The Morgan fingerprint density at radius 3 is 2.08 bits per heavy atom. The molecule has 1 saturated heterocycles. The van der Waals surface area contributed by atoms with E-state index in [0.29, 0.717) is 12.0 Å². The number of piperazine rings is 1. The van der Waals surface area contributed by atoms with Crippen molar-refractivity contribution in [2.24, 2.45) is 23.2 Å². The lowest BCUT2D eigenvalue weighted by Crippen LogP contribution is -3.28. The Balaban J connectivity index is 1.11. The lowest BCUT2D eigenvalue weighted by atomic mass is 9.49. The summed E-state index contributed by atoms with van der Waals surface area (Å²) in [6, 6.07) is 0. The summed E-state index contributed by atoms with van der Waals surface area (Å²) >= 11 is 0. The van der Waals surface area contributed by atoms with E-state index in [1.807, 2.05) is 0 Å². The first kappa shape index (κ1) is 19.1. The van der Waals surface area contributed by atoms with E-state index < -0.39 is 0 Å². The summed E-state index contributed by atoms with van der Waals surface area (Å²) in [4.78, 5) is 2.99. The maximum Gasteiger partial charge on any atom is 0.127 e. The second kappa shape index (κ2) is 8.44. The highest BCUT2D eigenvalue weighted by Crippen LogP contribution is 2.61. The topological polar surface area (TPSA) is 58.6 Å². The Kier molecular flexibility index (Phi) is 6.21. The lowest BCUT2D eigenvalue weighted by Gasteiger charge is -2.57. The van der Waals surface area contributed by atoms with Gasteiger partial charge in [0.2, 0.25) is 0 Å². The predicted molar refractivity (Wildman–Crippen MR) is 100 cm³/mol. The summed E-state index contributed by atoms with van der Waals surface area (Å²) < 4.78 is 5.93. The Morgan fingerprint density at radius 1 is 0.923 bits per heavy atom. The van der Waals surface area contributed by atoms with Gasteiger partial charge in [-0.15, -0.1) is 0 Å². The van der Waals surface area contributed by atoms with Gasteiger partial charge in [-0.25, -0.2) is 0 Å². The van der Waals surface area contributed by atoms with Gasteiger partial charge < -0.3 is 24.7 Å². The zero-order valence-corrected chi connectivity index (χ0v) is 16.4. The quantitative estimate of drug-likeness (QED) is 0.385. The van der Waals surface area contributed by atoms with Gasteiger partial charge in [0.25, 0.3) is 0 Å². The van der Waals surface area contributed by atoms with E-state index in [2.05, 4.69) is 0 Å². The molecule has 1 aliphatic heterocycles. The zero-order chi connectivity index (χ0) is 18.0. The Morgan fingerprint density at radius 2 is 1.50 bits per heavy atom. The second-order valence-electron chi connectivity index (χ2n) is 10.1. The first-order valence-corrected chi connectivity index (χ1v) is 11.2. The van der Waals surface area contributed by atoms with Crippen molar-refractivity contribution in [1.29, 1.82) is 0 Å². The molecule has 0 aromatic rings. The minimum Gasteiger partial charge on any atom is -0.391 e. The van der Waals surface area contributed by atoms with Gasteiger partial charge in [0.15, 0.2) is 0 Å². The predicted octanol–water partition coefficient (Wildman–Crippen LogP) is -1.25. The third-order valence-electron chi connectivity index (χ3n) is 7.91. The van der Waals surface area contributed by atoms with Crippen molar-refractivity contribution in [3.63, 3.8) is 0 Å². The van der Waals surface area contributed by atoms with Crippen molar-refractivity contribution in [2.75, 3.05) is 59.1 Å². The molecule has 0 radical (unpaired) electrons. The normalized spacial score (nSPS) is 42.9. The largest absolute Gasteiger partial charge is 0.391 e. The van der Waals surface area contributed by atoms with Gasteiger partial charge in [0.1, 0.15) is 45.4 Å². The molecular weight excluding hydrogens is 328 g/mol. The molecule has 0 amide bonds. The molecule has 0 unspecified atom stereocenters. The first-order chi connectivity index (χ1) is 12.6. The third kappa shape index (κ3) is 4.61. The molecule has 0 aromatic carbocycles. The van der Waals surface area contributed by atoms with Crippen LogP contribution in [0.2, 0.25) is 0 Å². The molecule has 26 heavy (non-hydrogen) atoms. The molecule has 4 saturated carbocycles. The fourth-order valence-electron chi connectivity index (χ4n) is 7.07. The van der Waals surface area contributed by atoms with Crippen LogP contribution in [0.1, 0.15) is 44.9 Å². The molecule has 150 valence electrons. The number of hydrogen-bond acceptors (Lipinski definition) is 3. The monoisotopic (exact) mass is 368 g/mol. The molecule has 1 heterocycles. The molecule has 5 nitrogen and oxygen atoms in total. The Bertz CT molecular complexity index is 415. The van der Waals surface area contributed by atoms with Crippen LogP contribution in [-0.2, 0) is 4.74 Å². The van der Waals surface area contributed by atoms with Crippen molar-refractivity contribution in [3.05, 3.63) is 0 Å². The molecule has 4 aliphatic carbocycles. The average Bonchev–Trinajstić information content (AvgIpc) is 2.60. The molecule has 0 spiro atoms. The molecule has 5 fully saturated rings. The molecule has 5 aliphatic rings. The summed E-state index contributed by atoms with van der Waals surface area (Å²) in [5, 5.41) is 19.4. The standard InChI is InChI=1S/C21H38N2O3/c24-7-6-22-2-4-23(5-3-22)15-20(25)16-26-8-1-21-12-17-9-18(13-21)11-19(10-17)14-21/h17-20,24-25H,1-16H2/p+2/t17?,18?,19?,20-,21?/m0/s1. The maximum atomic E-state index is 10.3. The molecule has 4 N–H and O–H groups in total. The molecule has 5 heteroatoms. The number of quaternary nitrogens is 2. The highest BCUT2D eigenvalue weighted by Gasteiger charge is 2.50. The van der Waals surface area contributed by atoms with E-state index in [9.17, 15) is 5.11 Å². The number of aliphatic hydroxyl groups excluding tert-OH is 2. The minimum atomic E-state index is -0.333. The van der Waals surface area contributed by atoms with Crippen LogP contribution in [0.4, 0.5) is 0 Å². The van der Waals surface area contributed by atoms with Gasteiger partial charge in [0.05, 0.1) is 13.2 Å². The summed E-state index contributed by atoms with van der Waals surface area (Å²) in [5.41, 5.74) is 0.594. The van der Waals surface area contributed by atoms with E-state index in [1.165, 1.54) is 54.7 Å². The number of rotatable bonds is 9. The van der Waals surface area contributed by atoms with Crippen LogP contribution in [0.3, 0.4) is 0 Å². The zero-order valence-electron chi connectivity index (χ0n) is 16.4. The molecule has 5 rings (SSSR count). The molecule has 1 atom stereocenters. The SMILES string of the molecule is OCC[NH+]1CC[NH+](C[C@H](O)COCCC23CC4CC(CC(C4)C2)C3)CC1. The number of ether oxygens (including phenoxy) is 1. The summed E-state index contributed by atoms with van der Waals surface area (Å²) in [5.74, 6) is 3.05. The molecular formula is C21H40N2O3+2. The van der Waals surface area contributed by atoms with Crippen molar-refractivity contribution in [2.45, 2.75) is 51.0 Å². The van der Waals surface area contributed by atoms with Crippen LogP contribution < -0.4 is 9.80 Å². The van der Waals surface area contributed by atoms with Crippen LogP contribution >= 0.6 is 0 Å². The van der Waals surface area contributed by atoms with Gasteiger partial charge in [0, 0.05) is 6.61 Å². The summed E-state index contributed by atoms with van der Waals surface area (Å²) in [7, 11) is 0. The van der Waals surface area contributed by atoms with E-state index >= 15 is 0 Å². The second-order valence-corrected chi connectivity index (χ2v) is 10.1. The Hall–Kier alpha value is -0.200. The summed E-state index contributed by atoms with van der Waals surface area (Å²) in [6.07, 6.45) is 9.78. The van der Waals surface area contributed by atoms with Crippen LogP contribution in [0.5, 0.6) is 0 Å². The first-order valence-electron chi connectivity index (χ1n) is 11.2. The lowest BCUT2D eigenvalue weighted by molar-refractivity contribution is -1.01. The number of aliphatic hydroxyl groups is 2. The van der Waals surface area contributed by atoms with Crippen molar-refractivity contribution in [1.82, 2.24) is 0 Å². The van der Waals surface area contributed by atoms with Crippen molar-refractivity contribution >= 4 is 0 Å². The maximum absolute atomic E-state index is 10.3. The average molecular weight is 369 g/mol. The van der Waals surface area contributed by atoms with E-state index in [4.69, 9.17) is 9.84 Å². The smallest absolute Gasteiger partial charge is 0.127 e. The van der Waals surface area contributed by atoms with Crippen LogP contribution in [0, 0.1) is 23.2 Å². The van der Waals surface area contributed by atoms with E-state index in [1.54, 1.807) is 0 Å². The van der Waals surface area contributed by atoms with Crippen LogP contribution in [0.25, 0.3) is 0 Å². The van der Waals surface area contributed by atoms with Gasteiger partial charge in [-0.3, -0.25) is 0 Å². The Labute approximate surface area is 158 Å². The summed E-state index contributed by atoms with van der Waals surface area (Å²) in [6.45, 7) is 7.71. The molecule has 4 bridgehead atoms. The van der Waals surface area contributed by atoms with Gasteiger partial charge in [-0.05, 0) is 68.1 Å². The van der Waals surface area contributed by atoms with Crippen molar-refractivity contribution in [3.8, 4) is 0 Å². The third-order valence-corrected chi connectivity index (χ3v) is 7.91. The molecule has 0 aromatic heterocycles. The number of hydrogen-bond donors (Lipinski definition) is 4. The number of nitrogens with one attached hydrogen (secondary N) is 2.